The normalized spacial score (nSPS) is 15.4. The van der Waals surface area contributed by atoms with Crippen molar-refractivity contribution in [1.82, 2.24) is 34.1 Å². The van der Waals surface area contributed by atoms with Crippen molar-refractivity contribution in [1.29, 1.82) is 0 Å². The van der Waals surface area contributed by atoms with Crippen LogP contribution in [0.15, 0.2) is 91.6 Å². The van der Waals surface area contributed by atoms with Gasteiger partial charge < -0.3 is 9.47 Å². The minimum absolute atomic E-state index is 0. The zero-order valence-corrected chi connectivity index (χ0v) is 40.1. The van der Waals surface area contributed by atoms with E-state index in [1.807, 2.05) is 71.3 Å². The first kappa shape index (κ1) is 50.0. The number of aryl methyl sites for hydroxylation is 1. The number of ketones is 1. The van der Waals surface area contributed by atoms with Crippen LogP contribution in [0.1, 0.15) is 60.8 Å². The lowest BCUT2D eigenvalue weighted by atomic mass is 10.0. The van der Waals surface area contributed by atoms with Crippen LogP contribution in [-0.4, -0.2) is 71.2 Å². The van der Waals surface area contributed by atoms with Gasteiger partial charge in [0, 0.05) is 81.5 Å². The Morgan fingerprint density at radius 3 is 1.91 bits per heavy atom. The molecule has 56 heavy (non-hydrogen) atoms. The highest BCUT2D eigenvalue weighted by Crippen LogP contribution is 2.33. The van der Waals surface area contributed by atoms with E-state index in [1.54, 1.807) is 23.5 Å². The van der Waals surface area contributed by atoms with Crippen LogP contribution in [0.3, 0.4) is 0 Å². The van der Waals surface area contributed by atoms with E-state index in [9.17, 15) is 14.4 Å². The van der Waals surface area contributed by atoms with Crippen LogP contribution >= 0.6 is 111 Å². The molecule has 0 bridgehead atoms. The second kappa shape index (κ2) is 26.0. The average molecular weight is 1180 g/mol. The number of carbonyl (C=O) groups excluding carboxylic acids is 3. The first-order valence-corrected chi connectivity index (χ1v) is 24.0. The third kappa shape index (κ3) is 13.7. The fourth-order valence-corrected chi connectivity index (χ4v) is 6.66. The van der Waals surface area contributed by atoms with Crippen molar-refractivity contribution >= 4 is 135 Å². The van der Waals surface area contributed by atoms with Gasteiger partial charge in [0.05, 0.1) is 24.0 Å². The van der Waals surface area contributed by atoms with E-state index in [2.05, 4.69) is 57.2 Å². The van der Waals surface area contributed by atoms with Gasteiger partial charge in [-0.2, -0.15) is 27.0 Å². The molecule has 2 aliphatic rings. The minimum Gasteiger partial charge on any atom is -0.445 e. The number of likely N-dealkylation sites (tertiary alicyclic amines) is 2. The summed E-state index contributed by atoms with van der Waals surface area (Å²) in [5, 5.41) is 0.711. The third-order valence-corrected chi connectivity index (χ3v) is 9.43. The standard InChI is InChI=1S/C19H20ClN3O3.C18H17ClN4O2.I2.HI.2H2S/c20-18-15(21-10-11-22-18)8-9-17(24)16-7-4-12-23(16)19(25)26-13-14-5-2-1-3-6-14;19-16-15-11-21-17(22(15)10-8-20-16)14-7-4-9-23(14)18(24)25-12-13-5-2-1-3-6-13;1-2;;;/h1-3,5-6,10-11,16H,4,7-9,12-13H2;1-3,5-6,8,10-11,14H,4,7,9,12H2;;1H;2*1H2/t16-;14-;;;;/m00..../s1. The lowest BCUT2D eigenvalue weighted by Crippen LogP contribution is -2.40. The average Bonchev–Trinajstić information content (AvgIpc) is 3.98. The molecule has 302 valence electrons. The summed E-state index contributed by atoms with van der Waals surface area (Å²) in [6.45, 7) is 1.66. The van der Waals surface area contributed by atoms with E-state index in [1.165, 1.54) is 11.1 Å². The fourth-order valence-electron chi connectivity index (χ4n) is 6.27. The van der Waals surface area contributed by atoms with Crippen LogP contribution in [0, 0.1) is 0 Å². The molecule has 0 aliphatic carbocycles. The highest BCUT2D eigenvalue weighted by atomic mass is 128. The number of ether oxygens (including phenoxy) is 2. The Morgan fingerprint density at radius 2 is 1.29 bits per heavy atom. The van der Waals surface area contributed by atoms with Gasteiger partial charge in [-0.1, -0.05) is 83.9 Å². The lowest BCUT2D eigenvalue weighted by molar-refractivity contribution is -0.123. The SMILES string of the molecule is I.II.O=C(CCc1nccnc1Cl)[C@@H]1CCCN1C(=O)OCc1ccccc1.O=C(OCc1ccccc1)N1CCC[C@H]1c1ncc2c(Cl)nccn12.S.S. The summed E-state index contributed by atoms with van der Waals surface area (Å²) in [4.78, 5) is 57.4. The van der Waals surface area contributed by atoms with Gasteiger partial charge >= 0.3 is 12.2 Å². The van der Waals surface area contributed by atoms with E-state index in [-0.39, 0.29) is 88.5 Å². The summed E-state index contributed by atoms with van der Waals surface area (Å²) in [5.74, 6) is 0.786. The number of fused-ring (bicyclic) bond motifs is 1. The Balaban J connectivity index is 0.000000352. The zero-order valence-electron chi connectivity index (χ0n) is 30.0. The van der Waals surface area contributed by atoms with Gasteiger partial charge in [-0.3, -0.25) is 24.0 Å². The summed E-state index contributed by atoms with van der Waals surface area (Å²) < 4.78 is 12.7. The molecule has 0 N–H and O–H groups in total. The number of halogens is 5. The molecule has 0 saturated carbocycles. The molecule has 2 amide bonds. The Bertz CT molecular complexity index is 1980. The number of carbonyl (C=O) groups is 3. The summed E-state index contributed by atoms with van der Waals surface area (Å²) >= 11 is 16.3. The topological polar surface area (TPSA) is 132 Å². The molecule has 2 aromatic carbocycles. The van der Waals surface area contributed by atoms with Gasteiger partial charge in [-0.25, -0.2) is 24.5 Å². The Morgan fingerprint density at radius 1 is 0.732 bits per heavy atom. The number of nitrogens with zero attached hydrogens (tertiary/aromatic N) is 7. The molecule has 12 nitrogen and oxygen atoms in total. The number of Topliss-reactive ketones (excluding diaryl/α,β-unsaturated/α-hetero) is 1. The maximum Gasteiger partial charge on any atom is 0.410 e. The maximum absolute atomic E-state index is 12.6. The van der Waals surface area contributed by atoms with Crippen LogP contribution < -0.4 is 0 Å². The quantitative estimate of drug-likeness (QED) is 0.132. The summed E-state index contributed by atoms with van der Waals surface area (Å²) in [5.41, 5.74) is 3.22. The molecule has 2 aliphatic heterocycles. The van der Waals surface area contributed by atoms with Crippen LogP contribution in [-0.2, 0) is 33.9 Å². The van der Waals surface area contributed by atoms with Crippen LogP contribution in [0.2, 0.25) is 10.3 Å². The third-order valence-electron chi connectivity index (χ3n) is 8.83. The molecular formula is C37H42Cl2I3N7O5S2. The molecule has 3 aromatic heterocycles. The largest absolute Gasteiger partial charge is 0.445 e. The summed E-state index contributed by atoms with van der Waals surface area (Å²) in [7, 11) is 0. The van der Waals surface area contributed by atoms with E-state index >= 15 is 0 Å². The van der Waals surface area contributed by atoms with Crippen molar-refractivity contribution in [2.24, 2.45) is 0 Å². The molecular weight excluding hydrogens is 1140 g/mol. The van der Waals surface area contributed by atoms with Crippen molar-refractivity contribution in [3.63, 3.8) is 0 Å². The van der Waals surface area contributed by atoms with Gasteiger partial charge in [0.2, 0.25) is 0 Å². The van der Waals surface area contributed by atoms with E-state index in [0.29, 0.717) is 41.9 Å². The van der Waals surface area contributed by atoms with Crippen LogP contribution in [0.25, 0.3) is 5.52 Å². The van der Waals surface area contributed by atoms with Crippen molar-refractivity contribution in [2.45, 2.75) is 63.8 Å². The maximum atomic E-state index is 12.6. The number of aromatic nitrogens is 5. The molecule has 0 spiro atoms. The molecule has 0 radical (unpaired) electrons. The van der Waals surface area contributed by atoms with Crippen molar-refractivity contribution in [3.8, 4) is 0 Å². The Kier molecular flexibility index (Phi) is 23.2. The number of hydrogen-bond donors (Lipinski definition) is 0. The van der Waals surface area contributed by atoms with Gasteiger partial charge in [0.25, 0.3) is 0 Å². The van der Waals surface area contributed by atoms with Crippen molar-refractivity contribution in [2.75, 3.05) is 13.1 Å². The number of amides is 2. The fraction of sp³-hybridized carbons (Fsp3) is 0.324. The number of imidazole rings is 1. The van der Waals surface area contributed by atoms with E-state index < -0.39 is 12.1 Å². The molecule has 2 atom stereocenters. The van der Waals surface area contributed by atoms with Gasteiger partial charge in [0.15, 0.2) is 10.9 Å². The van der Waals surface area contributed by atoms with Gasteiger partial charge in [-0.15, -0.1) is 24.0 Å². The van der Waals surface area contributed by atoms with E-state index in [0.717, 1.165) is 41.7 Å². The Labute approximate surface area is 390 Å². The molecule has 5 heterocycles. The molecule has 7 rings (SSSR count). The highest BCUT2D eigenvalue weighted by molar-refractivity contribution is 15.0. The minimum atomic E-state index is -0.442. The number of hydrogen-bond acceptors (Lipinski definition) is 9. The summed E-state index contributed by atoms with van der Waals surface area (Å²) in [6, 6.07) is 18.6. The van der Waals surface area contributed by atoms with Crippen LogP contribution in [0.4, 0.5) is 9.59 Å². The van der Waals surface area contributed by atoms with Gasteiger partial charge in [0.1, 0.15) is 29.7 Å². The zero-order chi connectivity index (χ0) is 37.6. The Hall–Kier alpha value is -2.18. The molecule has 5 aromatic rings. The highest BCUT2D eigenvalue weighted by Gasteiger charge is 2.35. The first-order valence-electron chi connectivity index (χ1n) is 16.9. The predicted molar refractivity (Wildman–Crippen MR) is 254 cm³/mol. The first-order chi connectivity index (χ1) is 25.9. The lowest BCUT2D eigenvalue weighted by Gasteiger charge is -2.23. The predicted octanol–water partition coefficient (Wildman–Crippen LogP) is 9.90. The van der Waals surface area contributed by atoms with Crippen molar-refractivity contribution in [3.05, 3.63) is 125 Å². The van der Waals surface area contributed by atoms with E-state index in [4.69, 9.17) is 32.7 Å². The molecule has 2 saturated heterocycles. The second-order valence-electron chi connectivity index (χ2n) is 12.1. The number of benzene rings is 2. The monoisotopic (exact) mass is 1180 g/mol. The summed E-state index contributed by atoms with van der Waals surface area (Å²) in [6.07, 6.45) is 11.3. The van der Waals surface area contributed by atoms with Gasteiger partial charge in [-0.05, 0) is 43.2 Å². The number of rotatable bonds is 9. The molecule has 19 heteroatoms. The van der Waals surface area contributed by atoms with Crippen LogP contribution in [0.5, 0.6) is 0 Å². The molecule has 0 unspecified atom stereocenters. The smallest absolute Gasteiger partial charge is 0.410 e. The van der Waals surface area contributed by atoms with Crippen molar-refractivity contribution < 1.29 is 23.9 Å². The molecule has 2 fully saturated rings. The second-order valence-corrected chi connectivity index (χ2v) is 12.8.